The Labute approximate surface area is 133 Å². The maximum atomic E-state index is 13.4. The van der Waals surface area contributed by atoms with Gasteiger partial charge >= 0.3 is 12.1 Å². The van der Waals surface area contributed by atoms with Crippen molar-refractivity contribution >= 4 is 12.1 Å². The molecule has 0 aliphatic rings. The summed E-state index contributed by atoms with van der Waals surface area (Å²) >= 11 is 0. The molecule has 1 aromatic carbocycles. The molecule has 0 fully saturated rings. The molecule has 0 saturated heterocycles. The summed E-state index contributed by atoms with van der Waals surface area (Å²) in [5, 5.41) is 9.48. The fraction of sp³-hybridized carbons (Fsp3) is 0.500. The van der Waals surface area contributed by atoms with Crippen molar-refractivity contribution < 1.29 is 28.2 Å². The van der Waals surface area contributed by atoms with Gasteiger partial charge in [-0.2, -0.15) is 0 Å². The highest BCUT2D eigenvalue weighted by Crippen LogP contribution is 2.27. The smallest absolute Gasteiger partial charge is 0.411 e. The molecule has 128 valence electrons. The number of hydrogen-bond donors (Lipinski definition) is 1. The summed E-state index contributed by atoms with van der Waals surface area (Å²) in [6, 6.07) is 0.297. The van der Waals surface area contributed by atoms with Crippen LogP contribution < -0.4 is 0 Å². The second kappa shape index (κ2) is 6.93. The van der Waals surface area contributed by atoms with E-state index in [9.17, 15) is 23.5 Å². The van der Waals surface area contributed by atoms with Crippen molar-refractivity contribution in [2.24, 2.45) is 0 Å². The number of ether oxygens (including phenoxy) is 1. The molecule has 0 aromatic heterocycles. The lowest BCUT2D eigenvalue weighted by atomic mass is 10.0. The van der Waals surface area contributed by atoms with Crippen LogP contribution in [0.25, 0.3) is 0 Å². The third-order valence-electron chi connectivity index (χ3n) is 2.87. The Bertz CT molecular complexity index is 576. The number of carboxylic acid groups (broad SMARTS) is 1. The first-order valence-electron chi connectivity index (χ1n) is 7.12. The van der Waals surface area contributed by atoms with Crippen molar-refractivity contribution in [2.45, 2.75) is 52.3 Å². The Morgan fingerprint density at radius 2 is 1.61 bits per heavy atom. The minimum absolute atomic E-state index is 0.172. The number of aliphatic carboxylic acids is 1. The summed E-state index contributed by atoms with van der Waals surface area (Å²) in [5.74, 6) is -3.24. The number of carbonyl (C=O) groups is 2. The molecule has 5 nitrogen and oxygen atoms in total. The quantitative estimate of drug-likeness (QED) is 0.914. The standard InChI is InChI=1S/C16H21F2NO4/c1-9(2)19(15(22)23-16(3,4)5)13(14(20)21)10-6-11(17)8-12(18)7-10/h6-9,13H,1-5H3,(H,20,21). The van der Waals surface area contributed by atoms with Crippen LogP contribution in [0.3, 0.4) is 0 Å². The Morgan fingerprint density at radius 3 is 1.96 bits per heavy atom. The molecule has 0 bridgehead atoms. The highest BCUT2D eigenvalue weighted by molar-refractivity contribution is 5.81. The van der Waals surface area contributed by atoms with Crippen LogP contribution in [0.15, 0.2) is 18.2 Å². The normalized spacial score (nSPS) is 12.9. The van der Waals surface area contributed by atoms with Crippen LogP contribution in [-0.4, -0.2) is 33.7 Å². The van der Waals surface area contributed by atoms with Gasteiger partial charge in [-0.25, -0.2) is 18.4 Å². The minimum atomic E-state index is -1.56. The molecule has 1 N–H and O–H groups in total. The zero-order valence-corrected chi connectivity index (χ0v) is 13.8. The topological polar surface area (TPSA) is 66.8 Å². The largest absolute Gasteiger partial charge is 0.479 e. The van der Waals surface area contributed by atoms with Crippen LogP contribution in [0.5, 0.6) is 0 Å². The zero-order chi connectivity index (χ0) is 17.9. The van der Waals surface area contributed by atoms with Crippen molar-refractivity contribution in [2.75, 3.05) is 0 Å². The van der Waals surface area contributed by atoms with Gasteiger partial charge in [-0.05, 0) is 52.3 Å². The summed E-state index contributed by atoms with van der Waals surface area (Å²) in [4.78, 5) is 24.9. The summed E-state index contributed by atoms with van der Waals surface area (Å²) < 4.78 is 32.1. The van der Waals surface area contributed by atoms with E-state index in [1.807, 2.05) is 0 Å². The number of carboxylic acids is 1. The highest BCUT2D eigenvalue weighted by Gasteiger charge is 2.36. The molecule has 0 aliphatic carbocycles. The van der Waals surface area contributed by atoms with E-state index in [0.29, 0.717) is 6.07 Å². The fourth-order valence-corrected chi connectivity index (χ4v) is 2.08. The number of nitrogens with zero attached hydrogens (tertiary/aromatic N) is 1. The van der Waals surface area contributed by atoms with Crippen LogP contribution in [0.4, 0.5) is 13.6 Å². The van der Waals surface area contributed by atoms with Gasteiger partial charge in [0.1, 0.15) is 17.2 Å². The monoisotopic (exact) mass is 329 g/mol. The lowest BCUT2D eigenvalue weighted by Gasteiger charge is -2.34. The second-order valence-electron chi connectivity index (χ2n) is 6.42. The van der Waals surface area contributed by atoms with E-state index in [1.165, 1.54) is 0 Å². The van der Waals surface area contributed by atoms with E-state index in [-0.39, 0.29) is 5.56 Å². The maximum Gasteiger partial charge on any atom is 0.411 e. The van der Waals surface area contributed by atoms with E-state index in [2.05, 4.69) is 0 Å². The lowest BCUT2D eigenvalue weighted by Crippen LogP contribution is -2.45. The van der Waals surface area contributed by atoms with Crippen molar-refractivity contribution in [3.05, 3.63) is 35.4 Å². The Kier molecular flexibility index (Phi) is 5.69. The molecule has 1 amide bonds. The molecule has 0 heterocycles. The number of hydrogen-bond acceptors (Lipinski definition) is 3. The highest BCUT2D eigenvalue weighted by atomic mass is 19.1. The van der Waals surface area contributed by atoms with E-state index in [4.69, 9.17) is 4.74 Å². The van der Waals surface area contributed by atoms with Crippen LogP contribution in [-0.2, 0) is 9.53 Å². The van der Waals surface area contributed by atoms with Crippen molar-refractivity contribution in [1.29, 1.82) is 0 Å². The van der Waals surface area contributed by atoms with Gasteiger partial charge < -0.3 is 9.84 Å². The molecular formula is C16H21F2NO4. The molecule has 0 saturated carbocycles. The number of benzene rings is 1. The van der Waals surface area contributed by atoms with Crippen molar-refractivity contribution in [3.8, 4) is 0 Å². The van der Waals surface area contributed by atoms with E-state index in [0.717, 1.165) is 17.0 Å². The SMILES string of the molecule is CC(C)N(C(=O)OC(C)(C)C)C(C(=O)O)c1cc(F)cc(F)c1. The first-order chi connectivity index (χ1) is 10.4. The summed E-state index contributed by atoms with van der Waals surface area (Å²) in [6.07, 6.45) is -0.871. The summed E-state index contributed by atoms with van der Waals surface area (Å²) in [5.41, 5.74) is -1.00. The minimum Gasteiger partial charge on any atom is -0.479 e. The fourth-order valence-electron chi connectivity index (χ4n) is 2.08. The van der Waals surface area contributed by atoms with Crippen LogP contribution >= 0.6 is 0 Å². The second-order valence-corrected chi connectivity index (χ2v) is 6.42. The van der Waals surface area contributed by atoms with Crippen LogP contribution in [0.1, 0.15) is 46.2 Å². The van der Waals surface area contributed by atoms with E-state index >= 15 is 0 Å². The van der Waals surface area contributed by atoms with Gasteiger partial charge in [-0.3, -0.25) is 4.90 Å². The Balaban J connectivity index is 3.32. The molecule has 1 rings (SSSR count). The maximum absolute atomic E-state index is 13.4. The van der Waals surface area contributed by atoms with Gasteiger partial charge in [0.05, 0.1) is 0 Å². The van der Waals surface area contributed by atoms with Gasteiger partial charge in [0, 0.05) is 12.1 Å². The Hall–Kier alpha value is -2.18. The molecular weight excluding hydrogens is 308 g/mol. The molecule has 0 aliphatic heterocycles. The van der Waals surface area contributed by atoms with Crippen LogP contribution in [0, 0.1) is 11.6 Å². The van der Waals surface area contributed by atoms with E-state index < -0.39 is 41.4 Å². The average molecular weight is 329 g/mol. The summed E-state index contributed by atoms with van der Waals surface area (Å²) in [6.45, 7) is 8.11. The first kappa shape index (κ1) is 18.9. The molecule has 1 unspecified atom stereocenters. The van der Waals surface area contributed by atoms with Gasteiger partial charge in [0.25, 0.3) is 0 Å². The van der Waals surface area contributed by atoms with Crippen molar-refractivity contribution in [1.82, 2.24) is 4.90 Å². The van der Waals surface area contributed by atoms with Gasteiger partial charge in [0.15, 0.2) is 6.04 Å². The summed E-state index contributed by atoms with van der Waals surface area (Å²) in [7, 11) is 0. The third-order valence-corrected chi connectivity index (χ3v) is 2.87. The number of carbonyl (C=O) groups excluding carboxylic acids is 1. The number of amides is 1. The lowest BCUT2D eigenvalue weighted by molar-refractivity contribution is -0.144. The molecule has 1 aromatic rings. The van der Waals surface area contributed by atoms with Gasteiger partial charge in [-0.15, -0.1) is 0 Å². The molecule has 23 heavy (non-hydrogen) atoms. The predicted octanol–water partition coefficient (Wildman–Crippen LogP) is 3.74. The van der Waals surface area contributed by atoms with Gasteiger partial charge in [0.2, 0.25) is 0 Å². The molecule has 0 spiro atoms. The zero-order valence-electron chi connectivity index (χ0n) is 13.8. The first-order valence-corrected chi connectivity index (χ1v) is 7.12. The molecule has 7 heteroatoms. The molecule has 1 atom stereocenters. The predicted molar refractivity (Wildman–Crippen MR) is 79.9 cm³/mol. The third kappa shape index (κ3) is 5.19. The van der Waals surface area contributed by atoms with E-state index in [1.54, 1.807) is 34.6 Å². The number of rotatable bonds is 4. The average Bonchev–Trinajstić information content (AvgIpc) is 2.30. The van der Waals surface area contributed by atoms with Crippen molar-refractivity contribution in [3.63, 3.8) is 0 Å². The number of halogens is 2. The Morgan fingerprint density at radius 1 is 1.13 bits per heavy atom. The molecule has 0 radical (unpaired) electrons. The van der Waals surface area contributed by atoms with Gasteiger partial charge in [-0.1, -0.05) is 0 Å². The van der Waals surface area contributed by atoms with Crippen LogP contribution in [0.2, 0.25) is 0 Å².